The van der Waals surface area contributed by atoms with Crippen LogP contribution in [0.5, 0.6) is 0 Å². The Morgan fingerprint density at radius 3 is 2.19 bits per heavy atom. The quantitative estimate of drug-likeness (QED) is 0.593. The Hall–Kier alpha value is -1.96. The molecule has 2 aromatic rings. The number of rotatable bonds is 4. The predicted molar refractivity (Wildman–Crippen MR) is 93.3 cm³/mol. The molecular formula is C18H19BrF3NO3. The third kappa shape index (κ3) is 6.09. The van der Waals surface area contributed by atoms with E-state index < -0.39 is 23.6 Å². The summed E-state index contributed by atoms with van der Waals surface area (Å²) >= 11 is 3.33. The van der Waals surface area contributed by atoms with Crippen molar-refractivity contribution in [2.45, 2.75) is 45.6 Å². The minimum Gasteiger partial charge on any atom is -0.455 e. The van der Waals surface area contributed by atoms with E-state index in [2.05, 4.69) is 15.9 Å². The highest BCUT2D eigenvalue weighted by molar-refractivity contribution is 9.10. The molecule has 4 nitrogen and oxygen atoms in total. The first-order valence-electron chi connectivity index (χ1n) is 7.82. The first-order chi connectivity index (χ1) is 11.9. The summed E-state index contributed by atoms with van der Waals surface area (Å²) in [6, 6.07) is 9.31. The van der Waals surface area contributed by atoms with Gasteiger partial charge < -0.3 is 9.15 Å². The summed E-state index contributed by atoms with van der Waals surface area (Å²) in [5.41, 5.74) is 0.0803. The molecule has 0 atom stereocenters. The summed E-state index contributed by atoms with van der Waals surface area (Å²) in [4.78, 5) is 13.8. The molecule has 0 spiro atoms. The number of alkyl halides is 3. The van der Waals surface area contributed by atoms with Gasteiger partial charge in [-0.15, -0.1) is 0 Å². The number of carbonyl (C=O) groups excluding carboxylic acids is 1. The van der Waals surface area contributed by atoms with Gasteiger partial charge in [-0.05, 0) is 50.6 Å². The average molecular weight is 434 g/mol. The highest BCUT2D eigenvalue weighted by Crippen LogP contribution is 2.31. The molecule has 0 saturated heterocycles. The first kappa shape index (κ1) is 20.4. The fourth-order valence-corrected chi connectivity index (χ4v) is 2.39. The van der Waals surface area contributed by atoms with E-state index in [1.807, 2.05) is 24.3 Å². The first-order valence-corrected chi connectivity index (χ1v) is 8.61. The molecule has 1 aromatic carbocycles. The molecule has 0 aliphatic carbocycles. The summed E-state index contributed by atoms with van der Waals surface area (Å²) < 4.78 is 49.2. The minimum absolute atomic E-state index is 0.0281. The van der Waals surface area contributed by atoms with Crippen molar-refractivity contribution in [1.82, 2.24) is 4.90 Å². The monoisotopic (exact) mass is 433 g/mol. The van der Waals surface area contributed by atoms with Crippen molar-refractivity contribution in [1.29, 1.82) is 0 Å². The zero-order chi connectivity index (χ0) is 19.5. The van der Waals surface area contributed by atoms with Gasteiger partial charge in [-0.25, -0.2) is 4.79 Å². The second-order valence-corrected chi connectivity index (χ2v) is 7.64. The highest BCUT2D eigenvalue weighted by atomic mass is 79.9. The summed E-state index contributed by atoms with van der Waals surface area (Å²) in [5.74, 6) is -1.07. The molecule has 26 heavy (non-hydrogen) atoms. The lowest BCUT2D eigenvalue weighted by atomic mass is 10.2. The number of benzene rings is 1. The third-order valence-electron chi connectivity index (χ3n) is 3.23. The summed E-state index contributed by atoms with van der Waals surface area (Å²) in [7, 11) is 0. The second kappa shape index (κ2) is 7.73. The van der Waals surface area contributed by atoms with Crippen molar-refractivity contribution in [2.75, 3.05) is 0 Å². The number of furan rings is 1. The van der Waals surface area contributed by atoms with Gasteiger partial charge >= 0.3 is 12.3 Å². The van der Waals surface area contributed by atoms with Crippen LogP contribution in [0.2, 0.25) is 0 Å². The fourth-order valence-electron chi connectivity index (χ4n) is 2.13. The molecule has 1 amide bonds. The van der Waals surface area contributed by atoms with Gasteiger partial charge in [0.1, 0.15) is 11.4 Å². The number of hydrogen-bond donors (Lipinski definition) is 0. The van der Waals surface area contributed by atoms with Gasteiger partial charge in [0.15, 0.2) is 0 Å². The summed E-state index contributed by atoms with van der Waals surface area (Å²) in [6.07, 6.45) is -5.20. The van der Waals surface area contributed by atoms with Crippen LogP contribution in [-0.2, 0) is 24.0 Å². The van der Waals surface area contributed by atoms with Crippen LogP contribution in [0.15, 0.2) is 45.3 Å². The molecule has 0 aliphatic heterocycles. The minimum atomic E-state index is -4.57. The summed E-state index contributed by atoms with van der Waals surface area (Å²) in [6.45, 7) is 5.19. The molecule has 0 aliphatic rings. The molecule has 1 heterocycles. The van der Waals surface area contributed by atoms with E-state index >= 15 is 0 Å². The van der Waals surface area contributed by atoms with E-state index in [4.69, 9.17) is 9.15 Å². The van der Waals surface area contributed by atoms with E-state index in [0.29, 0.717) is 0 Å². The van der Waals surface area contributed by atoms with Crippen molar-refractivity contribution in [3.8, 4) is 0 Å². The van der Waals surface area contributed by atoms with Gasteiger partial charge in [0.2, 0.25) is 5.76 Å². The maximum Gasteiger partial charge on any atom is 0.449 e. The Labute approximate surface area is 158 Å². The van der Waals surface area contributed by atoms with Crippen molar-refractivity contribution < 1.29 is 27.1 Å². The van der Waals surface area contributed by atoms with Crippen LogP contribution in [0.4, 0.5) is 18.0 Å². The summed E-state index contributed by atoms with van der Waals surface area (Å²) in [5, 5.41) is 0. The number of halogens is 4. The van der Waals surface area contributed by atoms with Crippen LogP contribution in [-0.4, -0.2) is 16.6 Å². The molecule has 1 aromatic heterocycles. The number of hydrogen-bond acceptors (Lipinski definition) is 3. The largest absolute Gasteiger partial charge is 0.455 e. The van der Waals surface area contributed by atoms with Gasteiger partial charge in [0, 0.05) is 11.0 Å². The molecule has 0 fully saturated rings. The zero-order valence-corrected chi connectivity index (χ0v) is 16.1. The lowest BCUT2D eigenvalue weighted by Crippen LogP contribution is -2.36. The van der Waals surface area contributed by atoms with Crippen LogP contribution < -0.4 is 0 Å². The number of amides is 1. The van der Waals surface area contributed by atoms with E-state index in [1.54, 1.807) is 20.8 Å². The van der Waals surface area contributed by atoms with E-state index in [0.717, 1.165) is 16.1 Å². The number of nitrogens with zero attached hydrogens (tertiary/aromatic N) is 1. The van der Waals surface area contributed by atoms with Gasteiger partial charge in [-0.2, -0.15) is 13.2 Å². The standard InChI is InChI=1S/C18H19BrF3NO3/c1-17(2,3)26-16(24)23(10-12-4-6-13(19)7-5-12)11-14-8-9-15(25-14)18(20,21)22/h4-9H,10-11H2,1-3H3. The van der Waals surface area contributed by atoms with Crippen molar-refractivity contribution in [2.24, 2.45) is 0 Å². The zero-order valence-electron chi connectivity index (χ0n) is 14.6. The number of ether oxygens (including phenoxy) is 1. The van der Waals surface area contributed by atoms with Crippen LogP contribution in [0.25, 0.3) is 0 Å². The second-order valence-electron chi connectivity index (χ2n) is 6.73. The maximum atomic E-state index is 12.7. The highest BCUT2D eigenvalue weighted by Gasteiger charge is 2.35. The topological polar surface area (TPSA) is 42.7 Å². The molecule has 0 saturated carbocycles. The van der Waals surface area contributed by atoms with E-state index in [-0.39, 0.29) is 18.8 Å². The van der Waals surface area contributed by atoms with Gasteiger partial charge in [-0.3, -0.25) is 4.90 Å². The van der Waals surface area contributed by atoms with Gasteiger partial charge in [0.05, 0.1) is 6.54 Å². The lowest BCUT2D eigenvalue weighted by Gasteiger charge is -2.27. The third-order valence-corrected chi connectivity index (χ3v) is 3.75. The Morgan fingerprint density at radius 2 is 1.69 bits per heavy atom. The SMILES string of the molecule is CC(C)(C)OC(=O)N(Cc1ccc(Br)cc1)Cc1ccc(C(F)(F)F)o1. The maximum absolute atomic E-state index is 12.7. The van der Waals surface area contributed by atoms with Crippen LogP contribution in [0, 0.1) is 0 Å². The molecule has 0 N–H and O–H groups in total. The smallest absolute Gasteiger partial charge is 0.449 e. The molecule has 0 unspecified atom stereocenters. The molecule has 142 valence electrons. The Kier molecular flexibility index (Phi) is 6.05. The molecule has 8 heteroatoms. The molecular weight excluding hydrogens is 415 g/mol. The molecule has 0 bridgehead atoms. The lowest BCUT2D eigenvalue weighted by molar-refractivity contribution is -0.153. The van der Waals surface area contributed by atoms with E-state index in [1.165, 1.54) is 11.0 Å². The van der Waals surface area contributed by atoms with E-state index in [9.17, 15) is 18.0 Å². The van der Waals surface area contributed by atoms with Crippen LogP contribution in [0.3, 0.4) is 0 Å². The van der Waals surface area contributed by atoms with Gasteiger partial charge in [-0.1, -0.05) is 28.1 Å². The predicted octanol–water partition coefficient (Wildman–Crippen LogP) is 6.00. The van der Waals surface area contributed by atoms with Crippen molar-refractivity contribution in [3.63, 3.8) is 0 Å². The average Bonchev–Trinajstić information content (AvgIpc) is 2.96. The fraction of sp³-hybridized carbons (Fsp3) is 0.389. The van der Waals surface area contributed by atoms with Crippen molar-refractivity contribution in [3.05, 3.63) is 58.0 Å². The van der Waals surface area contributed by atoms with Gasteiger partial charge in [0.25, 0.3) is 0 Å². The Balaban J connectivity index is 2.20. The van der Waals surface area contributed by atoms with Crippen LogP contribution in [0.1, 0.15) is 37.9 Å². The Bertz CT molecular complexity index is 748. The normalized spacial score (nSPS) is 12.1. The molecule has 2 rings (SSSR count). The number of carbonyl (C=O) groups is 1. The Morgan fingerprint density at radius 1 is 1.08 bits per heavy atom. The van der Waals surface area contributed by atoms with Crippen LogP contribution >= 0.6 is 15.9 Å². The van der Waals surface area contributed by atoms with Crippen molar-refractivity contribution >= 4 is 22.0 Å². The molecule has 0 radical (unpaired) electrons.